The van der Waals surface area contributed by atoms with E-state index in [-0.39, 0.29) is 6.04 Å². The monoisotopic (exact) mass is 235 g/mol. The molecule has 0 saturated heterocycles. The van der Waals surface area contributed by atoms with Crippen LogP contribution < -0.4 is 5.73 Å². The Balaban J connectivity index is 2.33. The van der Waals surface area contributed by atoms with Crippen LogP contribution >= 0.6 is 11.3 Å². The topological polar surface area (TPSA) is 43.8 Å². The van der Waals surface area contributed by atoms with Gasteiger partial charge in [-0.05, 0) is 36.4 Å². The van der Waals surface area contributed by atoms with E-state index >= 15 is 0 Å². The van der Waals surface area contributed by atoms with Gasteiger partial charge in [0.1, 0.15) is 0 Å². The van der Waals surface area contributed by atoms with Crippen LogP contribution in [-0.2, 0) is 13.5 Å². The Labute approximate surface area is 99.9 Å². The standard InChI is InChI=1S/C12H17N3S/c1-4-10-6-11(15(3)14-10)12(13)9-5-8(2)16-7-9/h5-7,12H,4,13H2,1-3H3. The van der Waals surface area contributed by atoms with E-state index in [0.717, 1.165) is 17.8 Å². The van der Waals surface area contributed by atoms with Gasteiger partial charge in [-0.3, -0.25) is 4.68 Å². The maximum atomic E-state index is 6.24. The lowest BCUT2D eigenvalue weighted by atomic mass is 10.1. The first-order chi connectivity index (χ1) is 7.61. The van der Waals surface area contributed by atoms with Crippen LogP contribution in [-0.4, -0.2) is 9.78 Å². The fraction of sp³-hybridized carbons (Fsp3) is 0.417. The van der Waals surface area contributed by atoms with Gasteiger partial charge in [-0.2, -0.15) is 5.10 Å². The summed E-state index contributed by atoms with van der Waals surface area (Å²) in [4.78, 5) is 1.29. The summed E-state index contributed by atoms with van der Waals surface area (Å²) in [6.07, 6.45) is 0.948. The summed E-state index contributed by atoms with van der Waals surface area (Å²) in [5, 5.41) is 6.55. The van der Waals surface area contributed by atoms with Crippen LogP contribution in [0, 0.1) is 6.92 Å². The molecule has 2 aromatic heterocycles. The molecule has 1 atom stereocenters. The summed E-state index contributed by atoms with van der Waals surface area (Å²) in [6.45, 7) is 4.20. The number of nitrogens with zero attached hydrogens (tertiary/aromatic N) is 2. The molecule has 16 heavy (non-hydrogen) atoms. The van der Waals surface area contributed by atoms with Crippen LogP contribution in [0.5, 0.6) is 0 Å². The fourth-order valence-corrected chi connectivity index (χ4v) is 2.55. The Morgan fingerprint density at radius 3 is 2.75 bits per heavy atom. The summed E-state index contributed by atoms with van der Waals surface area (Å²) in [7, 11) is 1.95. The third kappa shape index (κ3) is 2.03. The molecule has 3 nitrogen and oxygen atoms in total. The first-order valence-electron chi connectivity index (χ1n) is 5.45. The molecule has 2 N–H and O–H groups in total. The van der Waals surface area contributed by atoms with Crippen molar-refractivity contribution in [2.45, 2.75) is 26.3 Å². The average Bonchev–Trinajstić information content (AvgIpc) is 2.83. The van der Waals surface area contributed by atoms with Crippen molar-refractivity contribution >= 4 is 11.3 Å². The lowest BCUT2D eigenvalue weighted by Gasteiger charge is -2.09. The predicted octanol–water partition coefficient (Wildman–Crippen LogP) is 2.40. The third-order valence-electron chi connectivity index (χ3n) is 2.76. The second-order valence-corrected chi connectivity index (χ2v) is 5.12. The summed E-state index contributed by atoms with van der Waals surface area (Å²) in [6, 6.07) is 4.17. The molecule has 0 aliphatic carbocycles. The van der Waals surface area contributed by atoms with Crippen LogP contribution in [0.4, 0.5) is 0 Å². The molecule has 0 aliphatic heterocycles. The molecule has 0 bridgehead atoms. The molecule has 0 fully saturated rings. The minimum atomic E-state index is -0.0669. The largest absolute Gasteiger partial charge is 0.319 e. The fourth-order valence-electron chi connectivity index (χ4n) is 1.80. The Hall–Kier alpha value is -1.13. The summed E-state index contributed by atoms with van der Waals surface area (Å²) in [5.41, 5.74) is 9.59. The van der Waals surface area contributed by atoms with Gasteiger partial charge >= 0.3 is 0 Å². The Bertz CT molecular complexity index is 484. The van der Waals surface area contributed by atoms with E-state index < -0.39 is 0 Å². The highest BCUT2D eigenvalue weighted by atomic mass is 32.1. The summed E-state index contributed by atoms with van der Waals surface area (Å²) >= 11 is 1.74. The number of aryl methyl sites for hydroxylation is 3. The Kier molecular flexibility index (Phi) is 3.12. The van der Waals surface area contributed by atoms with Gasteiger partial charge < -0.3 is 5.73 Å². The van der Waals surface area contributed by atoms with Gasteiger partial charge in [0.25, 0.3) is 0 Å². The van der Waals surface area contributed by atoms with Crippen LogP contribution in [0.1, 0.15) is 34.8 Å². The zero-order valence-electron chi connectivity index (χ0n) is 9.90. The van der Waals surface area contributed by atoms with E-state index in [1.807, 2.05) is 11.7 Å². The van der Waals surface area contributed by atoms with Crippen LogP contribution in [0.3, 0.4) is 0 Å². The van der Waals surface area contributed by atoms with Crippen LogP contribution in [0.2, 0.25) is 0 Å². The van der Waals surface area contributed by atoms with Gasteiger partial charge in [0.15, 0.2) is 0 Å². The number of aromatic nitrogens is 2. The zero-order chi connectivity index (χ0) is 11.7. The number of thiophene rings is 1. The van der Waals surface area contributed by atoms with Crippen molar-refractivity contribution in [3.63, 3.8) is 0 Å². The summed E-state index contributed by atoms with van der Waals surface area (Å²) < 4.78 is 1.89. The lowest BCUT2D eigenvalue weighted by Crippen LogP contribution is -2.15. The highest BCUT2D eigenvalue weighted by molar-refractivity contribution is 7.10. The SMILES string of the molecule is CCc1cc(C(N)c2csc(C)c2)n(C)n1. The number of hydrogen-bond donors (Lipinski definition) is 1. The normalized spacial score (nSPS) is 13.0. The van der Waals surface area contributed by atoms with Crippen molar-refractivity contribution < 1.29 is 0 Å². The van der Waals surface area contributed by atoms with E-state index in [1.54, 1.807) is 11.3 Å². The van der Waals surface area contributed by atoms with Crippen LogP contribution in [0.25, 0.3) is 0 Å². The van der Waals surface area contributed by atoms with E-state index in [4.69, 9.17) is 5.73 Å². The number of hydrogen-bond acceptors (Lipinski definition) is 3. The third-order valence-corrected chi connectivity index (χ3v) is 3.64. The highest BCUT2D eigenvalue weighted by Gasteiger charge is 2.15. The molecular formula is C12H17N3S. The maximum absolute atomic E-state index is 6.24. The minimum absolute atomic E-state index is 0.0669. The lowest BCUT2D eigenvalue weighted by molar-refractivity contribution is 0.666. The average molecular weight is 235 g/mol. The molecular weight excluding hydrogens is 218 g/mol. The zero-order valence-corrected chi connectivity index (χ0v) is 10.7. The predicted molar refractivity (Wildman–Crippen MR) is 67.7 cm³/mol. The van der Waals surface area contributed by atoms with E-state index in [1.165, 1.54) is 10.4 Å². The summed E-state index contributed by atoms with van der Waals surface area (Å²) in [5.74, 6) is 0. The van der Waals surface area contributed by atoms with Crippen molar-refractivity contribution in [2.75, 3.05) is 0 Å². The molecule has 1 unspecified atom stereocenters. The van der Waals surface area contributed by atoms with Gasteiger partial charge in [-0.1, -0.05) is 6.92 Å². The number of rotatable bonds is 3. The Morgan fingerprint density at radius 1 is 1.50 bits per heavy atom. The quantitative estimate of drug-likeness (QED) is 0.887. The van der Waals surface area contributed by atoms with E-state index in [2.05, 4.69) is 36.5 Å². The van der Waals surface area contributed by atoms with Gasteiger partial charge in [-0.25, -0.2) is 0 Å². The van der Waals surface area contributed by atoms with E-state index in [0.29, 0.717) is 0 Å². The van der Waals surface area contributed by atoms with Crippen molar-refractivity contribution in [1.29, 1.82) is 0 Å². The maximum Gasteiger partial charge on any atom is 0.0731 e. The van der Waals surface area contributed by atoms with Gasteiger partial charge in [-0.15, -0.1) is 11.3 Å². The van der Waals surface area contributed by atoms with Crippen molar-refractivity contribution in [2.24, 2.45) is 12.8 Å². The second kappa shape index (κ2) is 4.39. The van der Waals surface area contributed by atoms with Crippen molar-refractivity contribution in [3.8, 4) is 0 Å². The minimum Gasteiger partial charge on any atom is -0.319 e. The smallest absolute Gasteiger partial charge is 0.0731 e. The first kappa shape index (κ1) is 11.4. The Morgan fingerprint density at radius 2 is 2.25 bits per heavy atom. The van der Waals surface area contributed by atoms with Crippen molar-refractivity contribution in [3.05, 3.63) is 39.3 Å². The van der Waals surface area contributed by atoms with Crippen LogP contribution in [0.15, 0.2) is 17.5 Å². The molecule has 86 valence electrons. The second-order valence-electron chi connectivity index (χ2n) is 4.01. The van der Waals surface area contributed by atoms with Gasteiger partial charge in [0.05, 0.1) is 17.4 Å². The number of nitrogens with two attached hydrogens (primary N) is 1. The molecule has 0 spiro atoms. The molecule has 0 radical (unpaired) electrons. The molecule has 0 aromatic carbocycles. The molecule has 0 saturated carbocycles. The molecule has 4 heteroatoms. The highest BCUT2D eigenvalue weighted by Crippen LogP contribution is 2.24. The molecule has 2 aromatic rings. The van der Waals surface area contributed by atoms with Crippen molar-refractivity contribution in [1.82, 2.24) is 9.78 Å². The first-order valence-corrected chi connectivity index (χ1v) is 6.33. The molecule has 0 aliphatic rings. The molecule has 2 rings (SSSR count). The van der Waals surface area contributed by atoms with Gasteiger partial charge in [0.2, 0.25) is 0 Å². The molecule has 2 heterocycles. The van der Waals surface area contributed by atoms with E-state index in [9.17, 15) is 0 Å². The van der Waals surface area contributed by atoms with Gasteiger partial charge in [0, 0.05) is 11.9 Å². The molecule has 0 amide bonds.